The number of nitrogens with two attached hydrogens (primary N) is 1. The van der Waals surface area contributed by atoms with Gasteiger partial charge in [-0.25, -0.2) is 9.97 Å². The van der Waals surface area contributed by atoms with Crippen LogP contribution < -0.4 is 10.6 Å². The summed E-state index contributed by atoms with van der Waals surface area (Å²) in [6, 6.07) is 11.9. The third kappa shape index (κ3) is 4.43. The van der Waals surface area contributed by atoms with Crippen LogP contribution in [0.2, 0.25) is 0 Å². The van der Waals surface area contributed by atoms with Gasteiger partial charge in [-0.05, 0) is 12.0 Å². The second-order valence-corrected chi connectivity index (χ2v) is 4.95. The SMILES string of the molecule is CCCc1nc(N)cc(N(CCO)Cc2ccccc2)n1. The Balaban J connectivity index is 2.24. The first kappa shape index (κ1) is 15.3. The molecule has 0 bridgehead atoms. The minimum Gasteiger partial charge on any atom is -0.395 e. The molecule has 0 aliphatic carbocycles. The number of hydrogen-bond donors (Lipinski definition) is 2. The Labute approximate surface area is 125 Å². The van der Waals surface area contributed by atoms with E-state index in [1.54, 1.807) is 6.07 Å². The minimum atomic E-state index is 0.0693. The summed E-state index contributed by atoms with van der Waals surface area (Å²) in [7, 11) is 0. The molecular formula is C16H22N4O. The molecule has 2 rings (SSSR count). The molecule has 112 valence electrons. The second-order valence-electron chi connectivity index (χ2n) is 4.95. The van der Waals surface area contributed by atoms with Crippen molar-refractivity contribution < 1.29 is 5.11 Å². The molecule has 0 saturated heterocycles. The highest BCUT2D eigenvalue weighted by molar-refractivity contribution is 5.47. The van der Waals surface area contributed by atoms with Crippen LogP contribution in [0.5, 0.6) is 0 Å². The van der Waals surface area contributed by atoms with E-state index in [1.807, 2.05) is 23.1 Å². The number of hydrogen-bond acceptors (Lipinski definition) is 5. The molecule has 2 aromatic rings. The van der Waals surface area contributed by atoms with Crippen LogP contribution in [-0.4, -0.2) is 28.2 Å². The van der Waals surface area contributed by atoms with Crippen LogP contribution in [0.1, 0.15) is 24.7 Å². The first-order valence-corrected chi connectivity index (χ1v) is 7.26. The summed E-state index contributed by atoms with van der Waals surface area (Å²) in [6.07, 6.45) is 1.78. The molecule has 0 atom stereocenters. The standard InChI is InChI=1S/C16H22N4O/c1-2-6-15-18-14(17)11-16(19-15)20(9-10-21)12-13-7-4-3-5-8-13/h3-5,7-8,11,21H,2,6,9-10,12H2,1H3,(H2,17,18,19). The summed E-state index contributed by atoms with van der Waals surface area (Å²) in [5.74, 6) is 1.99. The van der Waals surface area contributed by atoms with Crippen molar-refractivity contribution in [3.63, 3.8) is 0 Å². The molecule has 0 amide bonds. The third-order valence-corrected chi connectivity index (χ3v) is 3.16. The van der Waals surface area contributed by atoms with Crippen LogP contribution in [0.15, 0.2) is 36.4 Å². The topological polar surface area (TPSA) is 75.3 Å². The third-order valence-electron chi connectivity index (χ3n) is 3.16. The number of benzene rings is 1. The Hall–Kier alpha value is -2.14. The quantitative estimate of drug-likeness (QED) is 0.814. The van der Waals surface area contributed by atoms with Gasteiger partial charge in [0.2, 0.25) is 0 Å². The molecular weight excluding hydrogens is 264 g/mol. The molecule has 1 aromatic carbocycles. The summed E-state index contributed by atoms with van der Waals surface area (Å²) in [6.45, 7) is 3.35. The number of nitrogen functional groups attached to an aromatic ring is 1. The van der Waals surface area contributed by atoms with Gasteiger partial charge in [-0.3, -0.25) is 0 Å². The van der Waals surface area contributed by atoms with Crippen molar-refractivity contribution >= 4 is 11.6 Å². The van der Waals surface area contributed by atoms with Crippen LogP contribution in [0.3, 0.4) is 0 Å². The summed E-state index contributed by atoms with van der Waals surface area (Å²) in [5, 5.41) is 9.30. The second kappa shape index (κ2) is 7.59. The summed E-state index contributed by atoms with van der Waals surface area (Å²) in [4.78, 5) is 10.8. The van der Waals surface area contributed by atoms with E-state index in [0.29, 0.717) is 18.9 Å². The molecule has 5 nitrogen and oxygen atoms in total. The molecule has 5 heteroatoms. The fourth-order valence-electron chi connectivity index (χ4n) is 2.20. The molecule has 0 unspecified atom stereocenters. The number of aromatic nitrogens is 2. The predicted octanol–water partition coefficient (Wildman–Crippen LogP) is 2.01. The molecule has 1 aromatic heterocycles. The lowest BCUT2D eigenvalue weighted by molar-refractivity contribution is 0.301. The van der Waals surface area contributed by atoms with Gasteiger partial charge in [0, 0.05) is 25.6 Å². The van der Waals surface area contributed by atoms with E-state index >= 15 is 0 Å². The zero-order valence-electron chi connectivity index (χ0n) is 12.4. The van der Waals surface area contributed by atoms with Crippen molar-refractivity contribution in [1.29, 1.82) is 0 Å². The van der Waals surface area contributed by atoms with Gasteiger partial charge < -0.3 is 15.7 Å². The molecule has 0 fully saturated rings. The van der Waals surface area contributed by atoms with Crippen molar-refractivity contribution in [2.45, 2.75) is 26.3 Å². The maximum absolute atomic E-state index is 9.30. The van der Waals surface area contributed by atoms with Crippen molar-refractivity contribution in [1.82, 2.24) is 9.97 Å². The van der Waals surface area contributed by atoms with Crippen LogP contribution >= 0.6 is 0 Å². The number of aliphatic hydroxyl groups excluding tert-OH is 1. The van der Waals surface area contributed by atoms with Crippen LogP contribution in [0.4, 0.5) is 11.6 Å². The zero-order valence-corrected chi connectivity index (χ0v) is 12.4. The molecule has 0 aliphatic heterocycles. The molecule has 1 heterocycles. The number of anilines is 2. The highest BCUT2D eigenvalue weighted by Gasteiger charge is 2.11. The van der Waals surface area contributed by atoms with Crippen molar-refractivity contribution in [3.8, 4) is 0 Å². The Morgan fingerprint density at radius 1 is 1.19 bits per heavy atom. The number of aliphatic hydroxyl groups is 1. The van der Waals surface area contributed by atoms with Crippen molar-refractivity contribution in [2.24, 2.45) is 0 Å². The number of nitrogens with zero attached hydrogens (tertiary/aromatic N) is 3. The summed E-state index contributed by atoms with van der Waals surface area (Å²) < 4.78 is 0. The van der Waals surface area contributed by atoms with Crippen molar-refractivity contribution in [2.75, 3.05) is 23.8 Å². The Bertz CT molecular complexity index is 559. The summed E-state index contributed by atoms with van der Waals surface area (Å²) in [5.41, 5.74) is 7.04. The lowest BCUT2D eigenvalue weighted by Gasteiger charge is -2.23. The Morgan fingerprint density at radius 3 is 2.62 bits per heavy atom. The zero-order chi connectivity index (χ0) is 15.1. The molecule has 21 heavy (non-hydrogen) atoms. The van der Waals surface area contributed by atoms with Crippen LogP contribution in [0.25, 0.3) is 0 Å². The maximum atomic E-state index is 9.30. The van der Waals surface area contributed by atoms with E-state index < -0.39 is 0 Å². The molecule has 0 saturated carbocycles. The molecule has 0 aliphatic rings. The number of rotatable bonds is 7. The number of aryl methyl sites for hydroxylation is 1. The van der Waals surface area contributed by atoms with Crippen LogP contribution in [-0.2, 0) is 13.0 Å². The van der Waals surface area contributed by atoms with Gasteiger partial charge >= 0.3 is 0 Å². The van der Waals surface area contributed by atoms with E-state index in [9.17, 15) is 5.11 Å². The van der Waals surface area contributed by atoms with Gasteiger partial charge in [0.1, 0.15) is 17.5 Å². The molecule has 0 spiro atoms. The molecule has 3 N–H and O–H groups in total. The minimum absolute atomic E-state index is 0.0693. The first-order chi connectivity index (χ1) is 10.2. The smallest absolute Gasteiger partial charge is 0.134 e. The van der Waals surface area contributed by atoms with Gasteiger partial charge in [-0.15, -0.1) is 0 Å². The van der Waals surface area contributed by atoms with Gasteiger partial charge in [0.25, 0.3) is 0 Å². The predicted molar refractivity (Wildman–Crippen MR) is 85.0 cm³/mol. The maximum Gasteiger partial charge on any atom is 0.134 e. The van der Waals surface area contributed by atoms with E-state index in [4.69, 9.17) is 5.73 Å². The average Bonchev–Trinajstić information content (AvgIpc) is 2.48. The monoisotopic (exact) mass is 286 g/mol. The van der Waals surface area contributed by atoms with E-state index in [1.165, 1.54) is 5.56 Å². The average molecular weight is 286 g/mol. The van der Waals surface area contributed by atoms with Gasteiger partial charge in [0.15, 0.2) is 0 Å². The van der Waals surface area contributed by atoms with Gasteiger partial charge in [-0.1, -0.05) is 37.3 Å². The lowest BCUT2D eigenvalue weighted by Crippen LogP contribution is -2.27. The molecule has 0 radical (unpaired) electrons. The van der Waals surface area contributed by atoms with E-state index in [0.717, 1.165) is 24.5 Å². The fraction of sp³-hybridized carbons (Fsp3) is 0.375. The fourth-order valence-corrected chi connectivity index (χ4v) is 2.20. The first-order valence-electron chi connectivity index (χ1n) is 7.26. The largest absolute Gasteiger partial charge is 0.395 e. The van der Waals surface area contributed by atoms with Crippen LogP contribution in [0, 0.1) is 0 Å². The lowest BCUT2D eigenvalue weighted by atomic mass is 10.2. The van der Waals surface area contributed by atoms with E-state index in [2.05, 4.69) is 29.0 Å². The van der Waals surface area contributed by atoms with Gasteiger partial charge in [0.05, 0.1) is 6.61 Å². The highest BCUT2D eigenvalue weighted by Crippen LogP contribution is 2.17. The Kier molecular flexibility index (Phi) is 5.51. The highest BCUT2D eigenvalue weighted by atomic mass is 16.3. The van der Waals surface area contributed by atoms with Crippen molar-refractivity contribution in [3.05, 3.63) is 47.8 Å². The Morgan fingerprint density at radius 2 is 1.95 bits per heavy atom. The van der Waals surface area contributed by atoms with E-state index in [-0.39, 0.29) is 6.61 Å². The normalized spacial score (nSPS) is 10.6. The summed E-state index contributed by atoms with van der Waals surface area (Å²) >= 11 is 0. The van der Waals surface area contributed by atoms with Gasteiger partial charge in [-0.2, -0.15) is 0 Å².